The van der Waals surface area contributed by atoms with Gasteiger partial charge in [-0.3, -0.25) is 14.3 Å². The fraction of sp³-hybridized carbons (Fsp3) is 0.0690. The Bertz CT molecular complexity index is 2540. The van der Waals surface area contributed by atoms with Gasteiger partial charge in [0.2, 0.25) is 0 Å². The van der Waals surface area contributed by atoms with Crippen LogP contribution in [0.1, 0.15) is 5.56 Å². The zero-order chi connectivity index (χ0) is 33.1. The second-order valence-corrected chi connectivity index (χ2v) is 11.2. The number of benzene rings is 1. The maximum Gasteiger partial charge on any atom is 1.00 e. The fourth-order valence-electron chi connectivity index (χ4n) is 5.09. The Hall–Kier alpha value is -3.61. The van der Waals surface area contributed by atoms with Gasteiger partial charge in [0, 0.05) is 47.5 Å². The third-order valence-corrected chi connectivity index (χ3v) is 7.66. The summed E-state index contributed by atoms with van der Waals surface area (Å²) in [7, 11) is -5.66. The van der Waals surface area contributed by atoms with Crippen molar-refractivity contribution in [3.05, 3.63) is 106 Å². The van der Waals surface area contributed by atoms with Gasteiger partial charge in [-0.15, -0.1) is 0 Å². The number of fused-ring (bicyclic) bond motifs is 4. The van der Waals surface area contributed by atoms with Crippen LogP contribution >= 0.6 is 7.82 Å². The van der Waals surface area contributed by atoms with Crippen LogP contribution in [0.3, 0.4) is 0 Å². The molecular formula is C29H16F3N8Na2O6P. The van der Waals surface area contributed by atoms with E-state index in [-0.39, 0.29) is 97.0 Å². The molecule has 0 fully saturated rings. The predicted octanol–water partition coefficient (Wildman–Crippen LogP) is -3.07. The summed E-state index contributed by atoms with van der Waals surface area (Å²) in [6.07, 6.45) is 2.62. The molecule has 0 radical (unpaired) electrons. The summed E-state index contributed by atoms with van der Waals surface area (Å²) < 4.78 is 57.4. The first-order valence-electron chi connectivity index (χ1n) is 13.4. The van der Waals surface area contributed by atoms with Crippen molar-refractivity contribution in [2.75, 3.05) is 0 Å². The molecule has 0 spiro atoms. The number of alkyl halides is 3. The van der Waals surface area contributed by atoms with Crippen LogP contribution in [-0.4, -0.2) is 39.0 Å². The van der Waals surface area contributed by atoms with Crippen molar-refractivity contribution >= 4 is 40.8 Å². The Morgan fingerprint density at radius 1 is 0.918 bits per heavy atom. The van der Waals surface area contributed by atoms with E-state index in [1.54, 1.807) is 24.5 Å². The number of hydrogen-bond acceptors (Lipinski definition) is 11. The number of aromatic amines is 1. The van der Waals surface area contributed by atoms with E-state index >= 15 is 0 Å². The van der Waals surface area contributed by atoms with Crippen LogP contribution in [0.25, 0.3) is 61.3 Å². The van der Waals surface area contributed by atoms with E-state index in [0.717, 1.165) is 28.3 Å². The molecule has 0 saturated heterocycles. The molecule has 0 aliphatic heterocycles. The topological polar surface area (TPSA) is 197 Å². The van der Waals surface area contributed by atoms with Gasteiger partial charge in [0.05, 0.1) is 41.2 Å². The molecule has 0 aliphatic rings. The molecule has 6 aromatic heterocycles. The first kappa shape index (κ1) is 36.7. The number of H-pyrrole nitrogens is 1. The van der Waals surface area contributed by atoms with E-state index in [0.29, 0.717) is 28.7 Å². The molecule has 0 atom stereocenters. The average Bonchev–Trinajstić information content (AvgIpc) is 3.48. The molecule has 14 nitrogen and oxygen atoms in total. The molecule has 0 saturated carbocycles. The smallest absolute Gasteiger partial charge is 0.790 e. The van der Waals surface area contributed by atoms with Crippen LogP contribution in [0.4, 0.5) is 13.2 Å². The van der Waals surface area contributed by atoms with Crippen molar-refractivity contribution in [1.29, 1.82) is 0 Å². The molecule has 1 N–H and O–H groups in total. The van der Waals surface area contributed by atoms with Crippen molar-refractivity contribution in [1.82, 2.24) is 39.0 Å². The standard InChI is InChI=1S/C29H18F3N8O6P.2Na/c30-29(31,32)16-3-1-4-17(9-16)40-24-20(27(41)39(28(40)42)14-46-47(43,44)45)13-34-22-7-6-21(38-23(22)24)15-10-35-26(36-11-15)19-12-37-25-18(19)5-2-8-33-25;;/h1-13H,14H2,(H,33,37)(H2,43,44,45);;/q;2*+1/p-2. The number of hydrogen-bond donors (Lipinski definition) is 1. The van der Waals surface area contributed by atoms with Crippen molar-refractivity contribution in [2.45, 2.75) is 12.9 Å². The molecule has 1 aromatic carbocycles. The van der Waals surface area contributed by atoms with Gasteiger partial charge >= 0.3 is 71.0 Å². The van der Waals surface area contributed by atoms with Gasteiger partial charge in [-0.1, -0.05) is 6.07 Å². The van der Waals surface area contributed by atoms with Crippen LogP contribution in [0.2, 0.25) is 0 Å². The van der Waals surface area contributed by atoms with Crippen molar-refractivity contribution in [3.63, 3.8) is 0 Å². The molecule has 20 heteroatoms. The number of halogens is 3. The minimum Gasteiger partial charge on any atom is -0.790 e. The molecule has 0 aliphatic carbocycles. The van der Waals surface area contributed by atoms with Gasteiger partial charge in [0.25, 0.3) is 5.56 Å². The Morgan fingerprint density at radius 2 is 1.67 bits per heavy atom. The largest absolute Gasteiger partial charge is 1.00 e. The number of nitrogens with zero attached hydrogens (tertiary/aromatic N) is 7. The summed E-state index contributed by atoms with van der Waals surface area (Å²) in [5.41, 5.74) is -1.92. The van der Waals surface area contributed by atoms with Crippen LogP contribution in [-0.2, 0) is 22.0 Å². The molecule has 0 amide bonds. The summed E-state index contributed by atoms with van der Waals surface area (Å²) in [5.74, 6) is 0.391. The first-order valence-corrected chi connectivity index (χ1v) is 14.9. The van der Waals surface area contributed by atoms with Crippen molar-refractivity contribution in [3.8, 4) is 28.3 Å². The number of pyridine rings is 3. The quantitative estimate of drug-likeness (QED) is 0.105. The molecule has 6 heterocycles. The van der Waals surface area contributed by atoms with Crippen LogP contribution < -0.4 is 80.2 Å². The normalized spacial score (nSPS) is 11.9. The summed E-state index contributed by atoms with van der Waals surface area (Å²) in [6.45, 7) is -1.32. The van der Waals surface area contributed by atoms with Crippen molar-refractivity contribution < 1.29 is 91.2 Å². The Balaban J connectivity index is 0.00000234. The average molecular weight is 706 g/mol. The van der Waals surface area contributed by atoms with Crippen LogP contribution in [0, 0.1) is 0 Å². The number of phosphoric acid groups is 1. The molecule has 0 bridgehead atoms. The van der Waals surface area contributed by atoms with E-state index in [1.807, 2.05) is 6.07 Å². The summed E-state index contributed by atoms with van der Waals surface area (Å²) in [5, 5.41) is 0.479. The van der Waals surface area contributed by atoms with E-state index in [1.165, 1.54) is 24.5 Å². The Labute approximate surface area is 315 Å². The fourth-order valence-corrected chi connectivity index (χ4v) is 5.35. The SMILES string of the molecule is O=c1c2cnc3ccc(-c4cnc(-c5c[nH]c6ncccc56)nc4)nc3c2n(-c2cccc(C(F)(F)F)c2)c(=O)n1COP(=O)([O-])[O-].[Na+].[Na+]. The minimum atomic E-state index is -5.66. The number of aromatic nitrogens is 8. The van der Waals surface area contributed by atoms with E-state index in [4.69, 9.17) is 0 Å². The summed E-state index contributed by atoms with van der Waals surface area (Å²) >= 11 is 0. The molecule has 236 valence electrons. The van der Waals surface area contributed by atoms with Gasteiger partial charge in [-0.25, -0.2) is 29.3 Å². The number of phosphoric ester groups is 1. The predicted molar refractivity (Wildman–Crippen MR) is 157 cm³/mol. The molecule has 7 aromatic rings. The zero-order valence-corrected chi connectivity index (χ0v) is 30.3. The number of nitrogens with one attached hydrogen (secondary N) is 1. The maximum absolute atomic E-state index is 13.7. The molecule has 0 unspecified atom stereocenters. The van der Waals surface area contributed by atoms with Crippen molar-refractivity contribution in [2.24, 2.45) is 0 Å². The minimum absolute atomic E-state index is 0. The van der Waals surface area contributed by atoms with Crippen LogP contribution in [0.5, 0.6) is 0 Å². The molecule has 49 heavy (non-hydrogen) atoms. The van der Waals surface area contributed by atoms with Gasteiger partial charge in [-0.2, -0.15) is 13.2 Å². The molecule has 7 rings (SSSR count). The number of rotatable bonds is 6. The van der Waals surface area contributed by atoms with Crippen LogP contribution in [0.15, 0.2) is 89.1 Å². The maximum atomic E-state index is 13.7. The van der Waals surface area contributed by atoms with Gasteiger partial charge in [-0.05, 0) is 42.5 Å². The van der Waals surface area contributed by atoms with Gasteiger partial charge in [0.15, 0.2) is 5.82 Å². The zero-order valence-electron chi connectivity index (χ0n) is 25.4. The Kier molecular flexibility index (Phi) is 10.4. The van der Waals surface area contributed by atoms with E-state index in [9.17, 15) is 37.1 Å². The van der Waals surface area contributed by atoms with Gasteiger partial charge in [0.1, 0.15) is 17.9 Å². The second kappa shape index (κ2) is 14.0. The van der Waals surface area contributed by atoms with E-state index < -0.39 is 37.5 Å². The van der Waals surface area contributed by atoms with Gasteiger partial charge < -0.3 is 23.9 Å². The first-order chi connectivity index (χ1) is 22.4. The monoisotopic (exact) mass is 706 g/mol. The third-order valence-electron chi connectivity index (χ3n) is 7.22. The third kappa shape index (κ3) is 7.05. The summed E-state index contributed by atoms with van der Waals surface area (Å²) in [4.78, 5) is 74.5. The molecular weight excluding hydrogens is 690 g/mol. The van der Waals surface area contributed by atoms with E-state index in [2.05, 4.69) is 34.4 Å². The Morgan fingerprint density at radius 3 is 2.39 bits per heavy atom. The second-order valence-electron chi connectivity index (χ2n) is 10.1. The summed E-state index contributed by atoms with van der Waals surface area (Å²) in [6, 6.07) is 10.4.